The molecule has 0 amide bonds. The van der Waals surface area contributed by atoms with Gasteiger partial charge in [-0.3, -0.25) is 8.37 Å². The van der Waals surface area contributed by atoms with Crippen LogP contribution >= 0.6 is 0 Å². The Kier molecular flexibility index (Phi) is 7.46. The molecule has 2 rings (SSSR count). The van der Waals surface area contributed by atoms with E-state index in [9.17, 15) is 4.21 Å². The molecule has 122 valence electrons. The molecule has 3 nitrogen and oxygen atoms in total. The molecular weight excluding hydrogens is 296 g/mol. The van der Waals surface area contributed by atoms with Crippen molar-refractivity contribution in [3.8, 4) is 24.7 Å². The Bertz CT molecular complexity index is 396. The van der Waals surface area contributed by atoms with Gasteiger partial charge in [-0.15, -0.1) is 12.8 Å². The van der Waals surface area contributed by atoms with Crippen LogP contribution < -0.4 is 0 Å². The van der Waals surface area contributed by atoms with Crippen LogP contribution in [0.4, 0.5) is 0 Å². The van der Waals surface area contributed by atoms with Gasteiger partial charge in [0.15, 0.2) is 0 Å². The average Bonchev–Trinajstić information content (AvgIpc) is 2.59. The van der Waals surface area contributed by atoms with E-state index in [0.717, 1.165) is 51.4 Å². The highest BCUT2D eigenvalue weighted by Crippen LogP contribution is 2.30. The number of hydrogen-bond acceptors (Lipinski definition) is 3. The summed E-state index contributed by atoms with van der Waals surface area (Å²) in [4.78, 5) is 0. The van der Waals surface area contributed by atoms with Crippen LogP contribution in [0.15, 0.2) is 0 Å². The van der Waals surface area contributed by atoms with Crippen LogP contribution in [-0.2, 0) is 19.7 Å². The normalized spacial score (nSPS) is 24.8. The molecule has 0 aliphatic heterocycles. The van der Waals surface area contributed by atoms with Gasteiger partial charge in [0.05, 0.1) is 0 Å². The molecule has 0 saturated heterocycles. The van der Waals surface area contributed by atoms with Crippen molar-refractivity contribution >= 4 is 11.4 Å². The van der Waals surface area contributed by atoms with Gasteiger partial charge in [0, 0.05) is 0 Å². The van der Waals surface area contributed by atoms with Crippen molar-refractivity contribution in [2.75, 3.05) is 0 Å². The van der Waals surface area contributed by atoms with Crippen molar-refractivity contribution in [3.63, 3.8) is 0 Å². The Labute approximate surface area is 137 Å². The summed E-state index contributed by atoms with van der Waals surface area (Å²) in [6.45, 7) is 0. The molecule has 0 heterocycles. The van der Waals surface area contributed by atoms with Crippen molar-refractivity contribution in [2.45, 2.75) is 76.4 Å². The highest BCUT2D eigenvalue weighted by Gasteiger charge is 2.28. The second-order valence-corrected chi connectivity index (χ2v) is 7.16. The fourth-order valence-corrected chi connectivity index (χ4v) is 4.36. The molecule has 22 heavy (non-hydrogen) atoms. The third kappa shape index (κ3) is 5.13. The van der Waals surface area contributed by atoms with Crippen molar-refractivity contribution in [3.05, 3.63) is 0 Å². The number of hydrogen-bond donors (Lipinski definition) is 0. The molecule has 0 bridgehead atoms. The number of terminal acetylenes is 2. The Morgan fingerprint density at radius 2 is 1.14 bits per heavy atom. The largest absolute Gasteiger partial charge is 0.307 e. The molecule has 2 aliphatic rings. The molecule has 2 saturated carbocycles. The van der Waals surface area contributed by atoms with Gasteiger partial charge >= 0.3 is 11.4 Å². The molecule has 4 heteroatoms. The maximum absolute atomic E-state index is 12.1. The molecular formula is C18H26O3S. The minimum atomic E-state index is -1.87. The summed E-state index contributed by atoms with van der Waals surface area (Å²) in [5.74, 6) is 5.82. The Morgan fingerprint density at radius 1 is 0.773 bits per heavy atom. The van der Waals surface area contributed by atoms with E-state index in [1.807, 2.05) is 0 Å². The number of rotatable bonds is 6. The van der Waals surface area contributed by atoms with Gasteiger partial charge in [0.2, 0.25) is 0 Å². The molecule has 0 spiro atoms. The second-order valence-electron chi connectivity index (χ2n) is 6.37. The lowest BCUT2D eigenvalue weighted by molar-refractivity contribution is 0.112. The first-order valence-electron chi connectivity index (χ1n) is 8.43. The monoisotopic (exact) mass is 322 g/mol. The minimum absolute atomic E-state index is 0.283. The first-order valence-corrected chi connectivity index (χ1v) is 9.43. The van der Waals surface area contributed by atoms with Crippen LogP contribution in [0.2, 0.25) is 0 Å². The van der Waals surface area contributed by atoms with E-state index in [1.165, 1.54) is 12.8 Å². The Balaban J connectivity index is 1.84. The van der Waals surface area contributed by atoms with E-state index in [4.69, 9.17) is 21.2 Å². The SMILES string of the molecule is C#CC(OS(=O)OC(C#C)C1CCCCC1)C1CCCCC1. The van der Waals surface area contributed by atoms with Gasteiger partial charge in [-0.1, -0.05) is 50.4 Å². The van der Waals surface area contributed by atoms with E-state index in [-0.39, 0.29) is 11.8 Å². The van der Waals surface area contributed by atoms with Crippen LogP contribution in [0.5, 0.6) is 0 Å². The highest BCUT2D eigenvalue weighted by atomic mass is 32.2. The third-order valence-electron chi connectivity index (χ3n) is 4.85. The molecule has 2 aliphatic carbocycles. The zero-order valence-electron chi connectivity index (χ0n) is 13.2. The molecule has 0 aromatic carbocycles. The van der Waals surface area contributed by atoms with Crippen LogP contribution in [0.3, 0.4) is 0 Å². The molecule has 0 N–H and O–H groups in total. The lowest BCUT2D eigenvalue weighted by atomic mass is 9.85. The second kappa shape index (κ2) is 9.36. The maximum atomic E-state index is 12.1. The summed E-state index contributed by atoms with van der Waals surface area (Å²) in [5.41, 5.74) is 0. The first kappa shape index (κ1) is 17.5. The zero-order chi connectivity index (χ0) is 15.8. The zero-order valence-corrected chi connectivity index (χ0v) is 14.0. The lowest BCUT2D eigenvalue weighted by Gasteiger charge is -2.28. The fourth-order valence-electron chi connectivity index (χ4n) is 3.55. The van der Waals surface area contributed by atoms with Crippen molar-refractivity contribution < 1.29 is 12.6 Å². The summed E-state index contributed by atoms with van der Waals surface area (Å²) in [7, 11) is 0. The smallest absolute Gasteiger partial charge is 0.252 e. The Hall–Kier alpha value is -0.810. The summed E-state index contributed by atoms with van der Waals surface area (Å²) in [6, 6.07) is 0. The summed E-state index contributed by atoms with van der Waals surface area (Å²) >= 11 is -1.87. The van der Waals surface area contributed by atoms with Gasteiger partial charge in [0.25, 0.3) is 0 Å². The first-order chi connectivity index (χ1) is 10.7. The van der Waals surface area contributed by atoms with Crippen molar-refractivity contribution in [1.82, 2.24) is 0 Å². The van der Waals surface area contributed by atoms with E-state index < -0.39 is 23.6 Å². The lowest BCUT2D eigenvalue weighted by Crippen LogP contribution is -2.30. The van der Waals surface area contributed by atoms with Gasteiger partial charge in [0.1, 0.15) is 12.2 Å². The molecule has 2 fully saturated rings. The molecule has 2 unspecified atom stereocenters. The highest BCUT2D eigenvalue weighted by molar-refractivity contribution is 7.75. The predicted octanol–water partition coefficient (Wildman–Crippen LogP) is 3.76. The molecule has 0 aromatic rings. The Morgan fingerprint density at radius 3 is 1.45 bits per heavy atom. The predicted molar refractivity (Wildman–Crippen MR) is 88.7 cm³/mol. The average molecular weight is 322 g/mol. The van der Waals surface area contributed by atoms with E-state index in [2.05, 4.69) is 11.8 Å². The van der Waals surface area contributed by atoms with Gasteiger partial charge in [-0.2, -0.15) is 4.21 Å². The molecule has 2 atom stereocenters. The van der Waals surface area contributed by atoms with Gasteiger partial charge in [-0.25, -0.2) is 0 Å². The molecule has 0 radical (unpaired) electrons. The molecule has 0 aromatic heterocycles. The van der Waals surface area contributed by atoms with Gasteiger partial charge < -0.3 is 0 Å². The standard InChI is InChI=1S/C18H26O3S/c1-3-17(15-11-7-5-8-12-15)20-22(19)21-18(4-2)16-13-9-6-10-14-16/h1-2,15-18H,5-14H2. The third-order valence-corrected chi connectivity index (χ3v) is 5.58. The van der Waals surface area contributed by atoms with E-state index in [0.29, 0.717) is 0 Å². The van der Waals surface area contributed by atoms with Crippen LogP contribution in [0.25, 0.3) is 0 Å². The van der Waals surface area contributed by atoms with Crippen LogP contribution in [0, 0.1) is 36.5 Å². The topological polar surface area (TPSA) is 35.5 Å². The van der Waals surface area contributed by atoms with E-state index in [1.54, 1.807) is 0 Å². The van der Waals surface area contributed by atoms with Crippen LogP contribution in [-0.4, -0.2) is 16.4 Å². The fraction of sp³-hybridized carbons (Fsp3) is 0.778. The quantitative estimate of drug-likeness (QED) is 0.699. The van der Waals surface area contributed by atoms with Crippen molar-refractivity contribution in [1.29, 1.82) is 0 Å². The maximum Gasteiger partial charge on any atom is 0.307 e. The van der Waals surface area contributed by atoms with E-state index >= 15 is 0 Å². The summed E-state index contributed by atoms with van der Waals surface area (Å²) in [6.07, 6.45) is 21.5. The van der Waals surface area contributed by atoms with Crippen molar-refractivity contribution in [2.24, 2.45) is 11.8 Å². The van der Waals surface area contributed by atoms with Crippen LogP contribution in [0.1, 0.15) is 64.2 Å². The summed E-state index contributed by atoms with van der Waals surface area (Å²) < 4.78 is 23.1. The van der Waals surface area contributed by atoms with Gasteiger partial charge in [-0.05, 0) is 37.5 Å². The minimum Gasteiger partial charge on any atom is -0.252 e. The summed E-state index contributed by atoms with van der Waals surface area (Å²) in [5, 5.41) is 0.